The first kappa shape index (κ1) is 18.5. The average Bonchev–Trinajstić information content (AvgIpc) is 2.93. The maximum absolute atomic E-state index is 13.7. The number of fused-ring (bicyclic) bond motifs is 4. The highest BCUT2D eigenvalue weighted by Crippen LogP contribution is 2.41. The van der Waals surface area contributed by atoms with Crippen LogP contribution in [0.4, 0.5) is 0 Å². The Morgan fingerprint density at radius 2 is 1.50 bits per heavy atom. The van der Waals surface area contributed by atoms with Crippen molar-refractivity contribution in [3.05, 3.63) is 70.8 Å². The summed E-state index contributed by atoms with van der Waals surface area (Å²) in [5, 5.41) is 9.79. The van der Waals surface area contributed by atoms with E-state index in [1.54, 1.807) is 24.3 Å². The van der Waals surface area contributed by atoms with Gasteiger partial charge in [0.05, 0.1) is 17.2 Å². The lowest BCUT2D eigenvalue weighted by molar-refractivity contribution is -0.156. The molecule has 30 heavy (non-hydrogen) atoms. The van der Waals surface area contributed by atoms with E-state index in [9.17, 15) is 24.3 Å². The van der Waals surface area contributed by atoms with Gasteiger partial charge in [-0.25, -0.2) is 4.79 Å². The minimum absolute atomic E-state index is 0.180. The molecular weight excluding hydrogens is 384 g/mol. The molecule has 152 valence electrons. The van der Waals surface area contributed by atoms with Gasteiger partial charge in [-0.1, -0.05) is 36.4 Å². The Kier molecular flexibility index (Phi) is 4.20. The zero-order valence-electron chi connectivity index (χ0n) is 16.2. The fourth-order valence-electron chi connectivity index (χ4n) is 5.06. The maximum atomic E-state index is 13.7. The number of carboxylic acids is 1. The van der Waals surface area contributed by atoms with E-state index in [4.69, 9.17) is 0 Å². The van der Waals surface area contributed by atoms with Crippen molar-refractivity contribution in [1.82, 2.24) is 9.80 Å². The third kappa shape index (κ3) is 2.58. The van der Waals surface area contributed by atoms with E-state index in [1.807, 2.05) is 24.3 Å². The van der Waals surface area contributed by atoms with Crippen LogP contribution in [0.5, 0.6) is 0 Å². The number of imide groups is 1. The molecule has 0 aromatic heterocycles. The third-order valence-corrected chi connectivity index (χ3v) is 6.42. The number of benzene rings is 2. The van der Waals surface area contributed by atoms with Crippen LogP contribution in [-0.4, -0.2) is 50.7 Å². The van der Waals surface area contributed by atoms with Gasteiger partial charge in [0.25, 0.3) is 11.8 Å². The summed E-state index contributed by atoms with van der Waals surface area (Å²) in [7, 11) is 0. The topological polar surface area (TPSA) is 95.0 Å². The van der Waals surface area contributed by atoms with Crippen LogP contribution >= 0.6 is 0 Å². The number of carboxylic acid groups (broad SMARTS) is 1. The standard InChI is InChI=1S/C23H20N2O5/c26-20-15-8-3-4-9-16(15)21(27)25(20)19-12-13-6-1-2-7-14(13)17-10-5-11-18(23(29)30)24(17)22(19)28/h1-4,6-9,17-19H,5,10-12H2,(H,29,30)/t17-,18+,19+/m1/s1. The van der Waals surface area contributed by atoms with Gasteiger partial charge in [-0.05, 0) is 42.5 Å². The quantitative estimate of drug-likeness (QED) is 0.776. The monoisotopic (exact) mass is 404 g/mol. The number of nitrogens with zero attached hydrogens (tertiary/aromatic N) is 2. The van der Waals surface area contributed by atoms with Crippen molar-refractivity contribution < 1.29 is 24.3 Å². The zero-order valence-corrected chi connectivity index (χ0v) is 16.2. The van der Waals surface area contributed by atoms with Crippen molar-refractivity contribution >= 4 is 23.7 Å². The molecule has 3 amide bonds. The van der Waals surface area contributed by atoms with Gasteiger partial charge in [-0.3, -0.25) is 19.3 Å². The van der Waals surface area contributed by atoms with Gasteiger partial charge in [-0.2, -0.15) is 0 Å². The van der Waals surface area contributed by atoms with Gasteiger partial charge in [-0.15, -0.1) is 0 Å². The van der Waals surface area contributed by atoms with Crippen molar-refractivity contribution in [2.75, 3.05) is 0 Å². The molecule has 5 rings (SSSR count). The molecule has 0 radical (unpaired) electrons. The second-order valence-electron chi connectivity index (χ2n) is 7.99. The molecule has 0 spiro atoms. The highest BCUT2D eigenvalue weighted by atomic mass is 16.4. The first-order valence-corrected chi connectivity index (χ1v) is 10.1. The number of piperidine rings is 1. The van der Waals surface area contributed by atoms with Gasteiger partial charge in [0.15, 0.2) is 0 Å². The summed E-state index contributed by atoms with van der Waals surface area (Å²) in [6.07, 6.45) is 1.88. The first-order chi connectivity index (χ1) is 14.5. The second kappa shape index (κ2) is 6.79. The van der Waals surface area contributed by atoms with Gasteiger partial charge < -0.3 is 10.0 Å². The van der Waals surface area contributed by atoms with Gasteiger partial charge >= 0.3 is 5.97 Å². The molecule has 7 heteroatoms. The number of carbonyl (C=O) groups is 4. The summed E-state index contributed by atoms with van der Waals surface area (Å²) >= 11 is 0. The lowest BCUT2D eigenvalue weighted by Gasteiger charge is -2.41. The van der Waals surface area contributed by atoms with E-state index in [2.05, 4.69) is 0 Å². The van der Waals surface area contributed by atoms with Crippen LogP contribution < -0.4 is 0 Å². The van der Waals surface area contributed by atoms with Gasteiger partial charge in [0.2, 0.25) is 5.91 Å². The Hall–Kier alpha value is -3.48. The van der Waals surface area contributed by atoms with Crippen LogP contribution in [0.15, 0.2) is 48.5 Å². The number of hydrogen-bond donors (Lipinski definition) is 1. The fourth-order valence-corrected chi connectivity index (χ4v) is 5.06. The number of hydrogen-bond acceptors (Lipinski definition) is 4. The van der Waals surface area contributed by atoms with Crippen molar-refractivity contribution in [2.45, 2.75) is 43.8 Å². The summed E-state index contributed by atoms with van der Waals surface area (Å²) in [5.74, 6) is -2.55. The van der Waals surface area contributed by atoms with Crippen LogP contribution in [0, 0.1) is 0 Å². The predicted octanol–water partition coefficient (Wildman–Crippen LogP) is 2.41. The molecular formula is C23H20N2O5. The Balaban J connectivity index is 1.64. The van der Waals surface area contributed by atoms with E-state index in [-0.39, 0.29) is 23.6 Å². The molecule has 0 aliphatic carbocycles. The molecule has 1 saturated heterocycles. The number of carbonyl (C=O) groups excluding carboxylic acids is 3. The molecule has 0 bridgehead atoms. The summed E-state index contributed by atoms with van der Waals surface area (Å²) in [4.78, 5) is 54.3. The van der Waals surface area contributed by atoms with Crippen molar-refractivity contribution in [3.63, 3.8) is 0 Å². The predicted molar refractivity (Wildman–Crippen MR) is 106 cm³/mol. The Bertz CT molecular complexity index is 1060. The first-order valence-electron chi connectivity index (χ1n) is 10.1. The van der Waals surface area contributed by atoms with Crippen molar-refractivity contribution in [3.8, 4) is 0 Å². The molecule has 3 aliphatic heterocycles. The highest BCUT2D eigenvalue weighted by Gasteiger charge is 2.50. The summed E-state index contributed by atoms with van der Waals surface area (Å²) in [6, 6.07) is 11.6. The lowest BCUT2D eigenvalue weighted by atomic mass is 9.89. The molecule has 7 nitrogen and oxygen atoms in total. The van der Waals surface area contributed by atoms with E-state index >= 15 is 0 Å². The molecule has 1 fully saturated rings. The number of amides is 3. The maximum Gasteiger partial charge on any atom is 0.326 e. The third-order valence-electron chi connectivity index (χ3n) is 6.42. The summed E-state index contributed by atoms with van der Waals surface area (Å²) in [5.41, 5.74) is 2.32. The van der Waals surface area contributed by atoms with Crippen molar-refractivity contribution in [2.24, 2.45) is 0 Å². The molecule has 1 N–H and O–H groups in total. The van der Waals surface area contributed by atoms with E-state index < -0.39 is 35.8 Å². The van der Waals surface area contributed by atoms with Gasteiger partial charge in [0, 0.05) is 6.42 Å². The minimum atomic E-state index is -1.07. The lowest BCUT2D eigenvalue weighted by Crippen LogP contribution is -2.56. The Morgan fingerprint density at radius 3 is 2.17 bits per heavy atom. The normalized spacial score (nSPS) is 25.5. The van der Waals surface area contributed by atoms with E-state index in [0.717, 1.165) is 16.0 Å². The van der Waals surface area contributed by atoms with E-state index in [0.29, 0.717) is 19.3 Å². The largest absolute Gasteiger partial charge is 0.480 e. The van der Waals surface area contributed by atoms with Gasteiger partial charge in [0.1, 0.15) is 12.1 Å². The smallest absolute Gasteiger partial charge is 0.326 e. The molecule has 0 saturated carbocycles. The average molecular weight is 404 g/mol. The summed E-state index contributed by atoms with van der Waals surface area (Å²) in [6.45, 7) is 0. The Morgan fingerprint density at radius 1 is 0.867 bits per heavy atom. The zero-order chi connectivity index (χ0) is 21.0. The molecule has 3 heterocycles. The SMILES string of the molecule is O=C(O)[C@@H]1CCC[C@@H]2c3ccccc3C[C@H](N3C(=O)c4ccccc4C3=O)C(=O)N21. The van der Waals surface area contributed by atoms with E-state index in [1.165, 1.54) is 4.90 Å². The molecule has 0 unspecified atom stereocenters. The molecule has 3 atom stereocenters. The van der Waals surface area contributed by atoms with Crippen LogP contribution in [0.25, 0.3) is 0 Å². The van der Waals surface area contributed by atoms with Crippen LogP contribution in [-0.2, 0) is 16.0 Å². The summed E-state index contributed by atoms with van der Waals surface area (Å²) < 4.78 is 0. The number of aliphatic carboxylic acids is 1. The Labute approximate surface area is 172 Å². The van der Waals surface area contributed by atoms with Crippen LogP contribution in [0.1, 0.15) is 57.1 Å². The fraction of sp³-hybridized carbons (Fsp3) is 0.304. The molecule has 2 aromatic rings. The second-order valence-corrected chi connectivity index (χ2v) is 7.99. The van der Waals surface area contributed by atoms with Crippen molar-refractivity contribution in [1.29, 1.82) is 0 Å². The molecule has 3 aliphatic rings. The van der Waals surface area contributed by atoms with Crippen LogP contribution in [0.2, 0.25) is 0 Å². The van der Waals surface area contributed by atoms with Crippen LogP contribution in [0.3, 0.4) is 0 Å². The molecule has 2 aromatic carbocycles. The number of rotatable bonds is 2. The highest BCUT2D eigenvalue weighted by molar-refractivity contribution is 6.23. The minimum Gasteiger partial charge on any atom is -0.480 e.